The van der Waals surface area contributed by atoms with E-state index in [2.05, 4.69) is 4.98 Å². The van der Waals surface area contributed by atoms with Gasteiger partial charge in [0.1, 0.15) is 11.4 Å². The monoisotopic (exact) mass is 299 g/mol. The third-order valence-corrected chi connectivity index (χ3v) is 4.26. The Balaban J connectivity index is 1.84. The Bertz CT molecular complexity index is 687. The molecule has 1 saturated heterocycles. The van der Waals surface area contributed by atoms with E-state index in [0.29, 0.717) is 18.2 Å². The molecule has 116 valence electrons. The fraction of sp³-hybridized carbons (Fsp3) is 0.412. The van der Waals surface area contributed by atoms with E-state index in [1.165, 1.54) is 0 Å². The fourth-order valence-corrected chi connectivity index (χ4v) is 2.95. The molecule has 0 spiro atoms. The van der Waals surface area contributed by atoms with Gasteiger partial charge in [-0.05, 0) is 49.6 Å². The van der Waals surface area contributed by atoms with Crippen LogP contribution in [0.25, 0.3) is 10.9 Å². The number of fused-ring (bicyclic) bond motifs is 1. The van der Waals surface area contributed by atoms with Crippen molar-refractivity contribution in [3.63, 3.8) is 0 Å². The highest BCUT2D eigenvalue weighted by atomic mass is 16.5. The van der Waals surface area contributed by atoms with Crippen molar-refractivity contribution in [1.29, 1.82) is 0 Å². The van der Waals surface area contributed by atoms with E-state index in [4.69, 9.17) is 10.5 Å². The number of carbonyl (C=O) groups excluding carboxylic acids is 1. The summed E-state index contributed by atoms with van der Waals surface area (Å²) < 4.78 is 5.20. The number of hydrogen-bond acceptors (Lipinski definition) is 4. The first kappa shape index (κ1) is 14.8. The van der Waals surface area contributed by atoms with E-state index in [0.717, 1.165) is 42.6 Å². The number of methoxy groups -OCH3 is 1. The van der Waals surface area contributed by atoms with Crippen molar-refractivity contribution in [2.75, 3.05) is 26.7 Å². The highest BCUT2D eigenvalue weighted by Gasteiger charge is 2.24. The molecular formula is C17H21N3O2. The molecule has 0 unspecified atom stereocenters. The second-order valence-corrected chi connectivity index (χ2v) is 5.75. The zero-order valence-electron chi connectivity index (χ0n) is 12.8. The lowest BCUT2D eigenvalue weighted by molar-refractivity contribution is 0.0672. The van der Waals surface area contributed by atoms with Gasteiger partial charge in [-0.2, -0.15) is 0 Å². The zero-order valence-corrected chi connectivity index (χ0v) is 12.8. The number of carbonyl (C=O) groups is 1. The van der Waals surface area contributed by atoms with Gasteiger partial charge in [0.25, 0.3) is 5.91 Å². The maximum atomic E-state index is 12.6. The highest BCUT2D eigenvalue weighted by molar-refractivity contribution is 5.95. The molecule has 0 aliphatic carbocycles. The van der Waals surface area contributed by atoms with Crippen LogP contribution in [-0.2, 0) is 0 Å². The minimum absolute atomic E-state index is 0.00383. The molecule has 0 radical (unpaired) electrons. The van der Waals surface area contributed by atoms with Crippen LogP contribution >= 0.6 is 0 Å². The minimum Gasteiger partial charge on any atom is -0.497 e. The van der Waals surface area contributed by atoms with Crippen molar-refractivity contribution in [3.05, 3.63) is 36.0 Å². The summed E-state index contributed by atoms with van der Waals surface area (Å²) >= 11 is 0. The average Bonchev–Trinajstić information content (AvgIpc) is 2.60. The van der Waals surface area contributed by atoms with Gasteiger partial charge < -0.3 is 15.4 Å². The highest BCUT2D eigenvalue weighted by Crippen LogP contribution is 2.21. The quantitative estimate of drug-likeness (QED) is 0.942. The number of nitrogens with two attached hydrogens (primary N) is 1. The summed E-state index contributed by atoms with van der Waals surface area (Å²) in [6.45, 7) is 2.16. The summed E-state index contributed by atoms with van der Waals surface area (Å²) in [5, 5.41) is 0.967. The number of ether oxygens (including phenoxy) is 1. The van der Waals surface area contributed by atoms with Crippen molar-refractivity contribution >= 4 is 16.8 Å². The van der Waals surface area contributed by atoms with Crippen LogP contribution < -0.4 is 10.5 Å². The van der Waals surface area contributed by atoms with Gasteiger partial charge in [-0.15, -0.1) is 0 Å². The third-order valence-electron chi connectivity index (χ3n) is 4.26. The van der Waals surface area contributed by atoms with Gasteiger partial charge in [-0.25, -0.2) is 4.98 Å². The number of pyridine rings is 1. The topological polar surface area (TPSA) is 68.5 Å². The Morgan fingerprint density at radius 2 is 2.27 bits per heavy atom. The number of likely N-dealkylation sites (tertiary alicyclic amines) is 1. The lowest BCUT2D eigenvalue weighted by Crippen LogP contribution is -2.42. The third kappa shape index (κ3) is 2.90. The maximum Gasteiger partial charge on any atom is 0.272 e. The van der Waals surface area contributed by atoms with Crippen molar-refractivity contribution in [2.24, 2.45) is 11.7 Å². The first-order chi connectivity index (χ1) is 10.7. The van der Waals surface area contributed by atoms with Gasteiger partial charge in [0.2, 0.25) is 0 Å². The molecule has 5 heteroatoms. The predicted molar refractivity (Wildman–Crippen MR) is 86.0 cm³/mol. The molecule has 1 aromatic heterocycles. The lowest BCUT2D eigenvalue weighted by Gasteiger charge is -2.31. The van der Waals surface area contributed by atoms with Crippen LogP contribution in [0.2, 0.25) is 0 Å². The number of aromatic nitrogens is 1. The van der Waals surface area contributed by atoms with Gasteiger partial charge in [0.05, 0.1) is 12.6 Å². The van der Waals surface area contributed by atoms with Crippen LogP contribution in [0.5, 0.6) is 5.75 Å². The van der Waals surface area contributed by atoms with E-state index in [-0.39, 0.29) is 5.91 Å². The second-order valence-electron chi connectivity index (χ2n) is 5.75. The molecule has 1 amide bonds. The molecule has 2 N–H and O–H groups in total. The lowest BCUT2D eigenvalue weighted by atomic mass is 9.98. The van der Waals surface area contributed by atoms with E-state index in [1.54, 1.807) is 13.2 Å². The van der Waals surface area contributed by atoms with Crippen LogP contribution in [0.1, 0.15) is 23.3 Å². The Labute approximate surface area is 130 Å². The Morgan fingerprint density at radius 3 is 3.05 bits per heavy atom. The molecule has 2 aromatic rings. The van der Waals surface area contributed by atoms with E-state index in [1.807, 2.05) is 29.2 Å². The van der Waals surface area contributed by atoms with Gasteiger partial charge in [-0.3, -0.25) is 4.79 Å². The maximum absolute atomic E-state index is 12.6. The largest absolute Gasteiger partial charge is 0.497 e. The normalized spacial score (nSPS) is 18.5. The van der Waals surface area contributed by atoms with Gasteiger partial charge in [0.15, 0.2) is 0 Å². The van der Waals surface area contributed by atoms with Crippen LogP contribution in [0.3, 0.4) is 0 Å². The van der Waals surface area contributed by atoms with Crippen LogP contribution in [0.15, 0.2) is 30.3 Å². The molecule has 22 heavy (non-hydrogen) atoms. The molecule has 1 aliphatic rings. The van der Waals surface area contributed by atoms with Crippen LogP contribution in [0, 0.1) is 5.92 Å². The summed E-state index contributed by atoms with van der Waals surface area (Å²) in [6, 6.07) is 9.36. The Morgan fingerprint density at radius 1 is 1.41 bits per heavy atom. The molecule has 1 aliphatic heterocycles. The second kappa shape index (κ2) is 6.32. The molecule has 0 saturated carbocycles. The van der Waals surface area contributed by atoms with Crippen LogP contribution in [0.4, 0.5) is 0 Å². The number of hydrogen-bond donors (Lipinski definition) is 1. The fourth-order valence-electron chi connectivity index (χ4n) is 2.95. The first-order valence-electron chi connectivity index (χ1n) is 7.65. The molecule has 5 nitrogen and oxygen atoms in total. The minimum atomic E-state index is -0.00383. The van der Waals surface area contributed by atoms with E-state index < -0.39 is 0 Å². The Hall–Kier alpha value is -2.14. The van der Waals surface area contributed by atoms with Gasteiger partial charge in [0, 0.05) is 18.5 Å². The van der Waals surface area contributed by atoms with Crippen molar-refractivity contribution < 1.29 is 9.53 Å². The molecule has 2 heterocycles. The number of rotatable bonds is 3. The summed E-state index contributed by atoms with van der Waals surface area (Å²) in [6.07, 6.45) is 2.11. The summed E-state index contributed by atoms with van der Waals surface area (Å²) in [5.41, 5.74) is 7.04. The number of amides is 1. The predicted octanol–water partition coefficient (Wildman–Crippen LogP) is 2.05. The van der Waals surface area contributed by atoms with Crippen molar-refractivity contribution in [2.45, 2.75) is 12.8 Å². The average molecular weight is 299 g/mol. The molecule has 0 bridgehead atoms. The smallest absolute Gasteiger partial charge is 0.272 e. The first-order valence-corrected chi connectivity index (χ1v) is 7.65. The SMILES string of the molecule is COc1ccc2nc(C(=O)N3CCC[C@H](CN)C3)ccc2c1. The summed E-state index contributed by atoms with van der Waals surface area (Å²) in [7, 11) is 1.64. The molecule has 3 rings (SSSR count). The van der Waals surface area contributed by atoms with E-state index >= 15 is 0 Å². The molecule has 1 atom stereocenters. The summed E-state index contributed by atoms with van der Waals surface area (Å²) in [4.78, 5) is 19.0. The Kier molecular flexibility index (Phi) is 4.24. The van der Waals surface area contributed by atoms with E-state index in [9.17, 15) is 4.79 Å². The van der Waals surface area contributed by atoms with Gasteiger partial charge >= 0.3 is 0 Å². The number of benzene rings is 1. The number of piperidine rings is 1. The zero-order chi connectivity index (χ0) is 15.5. The standard InChI is InChI=1S/C17H21N3O2/c1-22-14-5-7-15-13(9-14)4-6-16(19-15)17(21)20-8-2-3-12(10-18)11-20/h4-7,9,12H,2-3,8,10-11,18H2,1H3/t12-/m1/s1. The molecule has 1 fully saturated rings. The van der Waals surface area contributed by atoms with Crippen LogP contribution in [-0.4, -0.2) is 42.5 Å². The van der Waals surface area contributed by atoms with Gasteiger partial charge in [-0.1, -0.05) is 6.07 Å². The van der Waals surface area contributed by atoms with Crippen molar-refractivity contribution in [3.8, 4) is 5.75 Å². The number of nitrogens with zero attached hydrogens (tertiary/aromatic N) is 2. The molecular weight excluding hydrogens is 278 g/mol. The summed E-state index contributed by atoms with van der Waals surface area (Å²) in [5.74, 6) is 1.19. The van der Waals surface area contributed by atoms with Crippen molar-refractivity contribution in [1.82, 2.24) is 9.88 Å². The molecule has 1 aromatic carbocycles.